The van der Waals surface area contributed by atoms with Gasteiger partial charge in [0.1, 0.15) is 0 Å². The van der Waals surface area contributed by atoms with E-state index in [1.807, 2.05) is 23.5 Å². The van der Waals surface area contributed by atoms with Crippen LogP contribution in [0.3, 0.4) is 0 Å². The van der Waals surface area contributed by atoms with E-state index < -0.39 is 0 Å². The van der Waals surface area contributed by atoms with E-state index in [4.69, 9.17) is 0 Å². The zero-order chi connectivity index (χ0) is 9.10. The summed E-state index contributed by atoms with van der Waals surface area (Å²) in [4.78, 5) is 0. The van der Waals surface area contributed by atoms with Gasteiger partial charge in [-0.2, -0.15) is 0 Å². The van der Waals surface area contributed by atoms with E-state index >= 15 is 0 Å². The Labute approximate surface area is 87.8 Å². The third-order valence-corrected chi connectivity index (χ3v) is 4.39. The van der Waals surface area contributed by atoms with Gasteiger partial charge in [0.2, 0.25) is 0 Å². The molecule has 0 saturated heterocycles. The van der Waals surface area contributed by atoms with Gasteiger partial charge in [-0.1, -0.05) is 29.8 Å². The lowest BCUT2D eigenvalue weighted by molar-refractivity contribution is 1.12. The summed E-state index contributed by atoms with van der Waals surface area (Å²) >= 11 is 3.82. The lowest BCUT2D eigenvalue weighted by Crippen LogP contribution is -1.97. The second-order valence-electron chi connectivity index (χ2n) is 3.14. The Morgan fingerprint density at radius 1 is 1.15 bits per heavy atom. The number of thioether (sulfide) groups is 2. The SMILES string of the molecule is Cc1ccc(C2CSC=CS2)cc1. The average molecular weight is 208 g/mol. The Balaban J connectivity index is 2.15. The van der Waals surface area contributed by atoms with E-state index in [0.29, 0.717) is 5.25 Å². The summed E-state index contributed by atoms with van der Waals surface area (Å²) in [6.07, 6.45) is 0. The maximum absolute atomic E-state index is 2.24. The van der Waals surface area contributed by atoms with E-state index in [2.05, 4.69) is 42.0 Å². The van der Waals surface area contributed by atoms with Crippen LogP contribution in [0.25, 0.3) is 0 Å². The number of benzene rings is 1. The summed E-state index contributed by atoms with van der Waals surface area (Å²) < 4.78 is 0. The molecule has 2 rings (SSSR count). The Morgan fingerprint density at radius 2 is 1.92 bits per heavy atom. The van der Waals surface area contributed by atoms with Gasteiger partial charge >= 0.3 is 0 Å². The Bertz CT molecular complexity index is 300. The number of hydrogen-bond donors (Lipinski definition) is 0. The summed E-state index contributed by atoms with van der Waals surface area (Å²) in [6, 6.07) is 8.87. The van der Waals surface area contributed by atoms with Crippen LogP contribution in [-0.2, 0) is 0 Å². The number of aryl methyl sites for hydroxylation is 1. The van der Waals surface area contributed by atoms with Gasteiger partial charge in [0, 0.05) is 11.0 Å². The highest BCUT2D eigenvalue weighted by molar-refractivity contribution is 8.08. The first-order chi connectivity index (χ1) is 6.36. The smallest absolute Gasteiger partial charge is 0.0432 e. The zero-order valence-electron chi connectivity index (χ0n) is 7.57. The molecule has 0 spiro atoms. The molecule has 0 bridgehead atoms. The fraction of sp³-hybridized carbons (Fsp3) is 0.273. The molecule has 0 amide bonds. The third kappa shape index (κ3) is 2.32. The van der Waals surface area contributed by atoms with Gasteiger partial charge in [-0.15, -0.1) is 23.5 Å². The minimum absolute atomic E-state index is 0.649. The van der Waals surface area contributed by atoms with Crippen LogP contribution in [0.1, 0.15) is 16.4 Å². The van der Waals surface area contributed by atoms with Crippen LogP contribution in [0.15, 0.2) is 35.1 Å². The van der Waals surface area contributed by atoms with Crippen LogP contribution < -0.4 is 0 Å². The van der Waals surface area contributed by atoms with E-state index in [0.717, 1.165) is 0 Å². The molecule has 1 aliphatic heterocycles. The van der Waals surface area contributed by atoms with Crippen LogP contribution in [0.2, 0.25) is 0 Å². The molecule has 1 unspecified atom stereocenters. The molecular weight excluding hydrogens is 196 g/mol. The van der Waals surface area contributed by atoms with Crippen molar-refractivity contribution in [1.29, 1.82) is 0 Å². The summed E-state index contributed by atoms with van der Waals surface area (Å²) in [5.74, 6) is 1.20. The van der Waals surface area contributed by atoms with Crippen molar-refractivity contribution < 1.29 is 0 Å². The van der Waals surface area contributed by atoms with E-state index in [1.165, 1.54) is 16.9 Å². The molecule has 1 aromatic rings. The molecule has 2 heteroatoms. The minimum atomic E-state index is 0.649. The molecular formula is C11H12S2. The molecule has 1 aromatic carbocycles. The molecule has 0 aliphatic carbocycles. The van der Waals surface area contributed by atoms with Crippen molar-refractivity contribution in [3.63, 3.8) is 0 Å². The van der Waals surface area contributed by atoms with Gasteiger partial charge < -0.3 is 0 Å². The molecule has 1 heterocycles. The molecule has 1 aliphatic rings. The normalized spacial score (nSPS) is 21.8. The monoisotopic (exact) mass is 208 g/mol. The highest BCUT2D eigenvalue weighted by atomic mass is 32.2. The molecule has 68 valence electrons. The van der Waals surface area contributed by atoms with Crippen LogP contribution in [0, 0.1) is 6.92 Å². The van der Waals surface area contributed by atoms with Crippen molar-refractivity contribution in [1.82, 2.24) is 0 Å². The largest absolute Gasteiger partial charge is 0.132 e. The molecule has 0 saturated carbocycles. The van der Waals surface area contributed by atoms with Crippen molar-refractivity contribution in [2.75, 3.05) is 5.75 Å². The Hall–Kier alpha value is -0.340. The first kappa shape index (κ1) is 9.22. The molecule has 1 atom stereocenters. The maximum atomic E-state index is 2.24. The molecule has 0 N–H and O–H groups in total. The van der Waals surface area contributed by atoms with Gasteiger partial charge in [-0.3, -0.25) is 0 Å². The first-order valence-electron chi connectivity index (χ1n) is 4.35. The maximum Gasteiger partial charge on any atom is 0.0432 e. The standard InChI is InChI=1S/C11H12S2/c1-9-2-4-10(5-3-9)11-8-12-6-7-13-11/h2-7,11H,8H2,1H3. The minimum Gasteiger partial charge on any atom is -0.132 e. The van der Waals surface area contributed by atoms with Crippen LogP contribution in [0.5, 0.6) is 0 Å². The van der Waals surface area contributed by atoms with E-state index in [-0.39, 0.29) is 0 Å². The topological polar surface area (TPSA) is 0 Å². The summed E-state index contributed by atoms with van der Waals surface area (Å²) in [5.41, 5.74) is 2.79. The molecule has 0 fully saturated rings. The van der Waals surface area contributed by atoms with Crippen LogP contribution in [0.4, 0.5) is 0 Å². The zero-order valence-corrected chi connectivity index (χ0v) is 9.20. The summed E-state index contributed by atoms with van der Waals surface area (Å²) in [6.45, 7) is 2.13. The van der Waals surface area contributed by atoms with Crippen molar-refractivity contribution in [2.24, 2.45) is 0 Å². The molecule has 0 aromatic heterocycles. The number of hydrogen-bond acceptors (Lipinski definition) is 2. The lowest BCUT2D eigenvalue weighted by Gasteiger charge is -2.16. The highest BCUT2D eigenvalue weighted by Gasteiger charge is 2.12. The molecule has 0 nitrogen and oxygen atoms in total. The quantitative estimate of drug-likeness (QED) is 0.684. The van der Waals surface area contributed by atoms with Crippen molar-refractivity contribution >= 4 is 23.5 Å². The predicted octanol–water partition coefficient (Wildman–Crippen LogP) is 3.99. The van der Waals surface area contributed by atoms with Gasteiger partial charge in [0.25, 0.3) is 0 Å². The molecule has 0 radical (unpaired) electrons. The average Bonchev–Trinajstić information content (AvgIpc) is 2.20. The highest BCUT2D eigenvalue weighted by Crippen LogP contribution is 2.37. The van der Waals surface area contributed by atoms with Crippen molar-refractivity contribution in [2.45, 2.75) is 12.2 Å². The van der Waals surface area contributed by atoms with Crippen LogP contribution in [-0.4, -0.2) is 5.75 Å². The van der Waals surface area contributed by atoms with Crippen LogP contribution >= 0.6 is 23.5 Å². The van der Waals surface area contributed by atoms with Crippen molar-refractivity contribution in [3.8, 4) is 0 Å². The second-order valence-corrected chi connectivity index (χ2v) is 5.19. The van der Waals surface area contributed by atoms with E-state index in [1.54, 1.807) is 0 Å². The van der Waals surface area contributed by atoms with Gasteiger partial charge in [-0.25, -0.2) is 0 Å². The number of rotatable bonds is 1. The summed E-state index contributed by atoms with van der Waals surface area (Å²) in [7, 11) is 0. The first-order valence-corrected chi connectivity index (χ1v) is 6.34. The van der Waals surface area contributed by atoms with Gasteiger partial charge in [0.05, 0.1) is 0 Å². The van der Waals surface area contributed by atoms with E-state index in [9.17, 15) is 0 Å². The second kappa shape index (κ2) is 4.25. The van der Waals surface area contributed by atoms with Gasteiger partial charge in [-0.05, 0) is 23.3 Å². The predicted molar refractivity (Wildman–Crippen MR) is 63.1 cm³/mol. The fourth-order valence-corrected chi connectivity index (χ4v) is 3.41. The third-order valence-electron chi connectivity index (χ3n) is 2.09. The lowest BCUT2D eigenvalue weighted by atomic mass is 10.1. The molecule has 13 heavy (non-hydrogen) atoms. The fourth-order valence-electron chi connectivity index (χ4n) is 1.30. The Kier molecular flexibility index (Phi) is 3.01. The Morgan fingerprint density at radius 3 is 2.54 bits per heavy atom. The summed E-state index contributed by atoms with van der Waals surface area (Å²) in [5, 5.41) is 5.02. The van der Waals surface area contributed by atoms with Gasteiger partial charge in [0.15, 0.2) is 0 Å². The van der Waals surface area contributed by atoms with Crippen molar-refractivity contribution in [3.05, 3.63) is 46.2 Å².